The minimum Gasteiger partial charge on any atom is -0.450 e. The second kappa shape index (κ2) is 8.68. The van der Waals surface area contributed by atoms with Crippen LogP contribution < -0.4 is 5.32 Å². The molecule has 0 aliphatic carbocycles. The molecule has 0 unspecified atom stereocenters. The molecule has 8 heteroatoms. The Bertz CT molecular complexity index is 797. The van der Waals surface area contributed by atoms with Gasteiger partial charge in [-0.15, -0.1) is 11.3 Å². The van der Waals surface area contributed by atoms with Crippen LogP contribution in [-0.4, -0.2) is 60.5 Å². The monoisotopic (exact) mass is 387 g/mol. The molecule has 1 aromatic carbocycles. The summed E-state index contributed by atoms with van der Waals surface area (Å²) >= 11 is 1.43. The summed E-state index contributed by atoms with van der Waals surface area (Å²) < 4.78 is 4.82. The van der Waals surface area contributed by atoms with Gasteiger partial charge in [0.25, 0.3) is 11.8 Å². The first kappa shape index (κ1) is 18.9. The third kappa shape index (κ3) is 4.65. The Morgan fingerprint density at radius 3 is 2.19 bits per heavy atom. The van der Waals surface area contributed by atoms with Crippen molar-refractivity contribution in [1.82, 2.24) is 9.80 Å². The van der Waals surface area contributed by atoms with Gasteiger partial charge in [-0.2, -0.15) is 0 Å². The van der Waals surface area contributed by atoms with Crippen molar-refractivity contribution < 1.29 is 19.1 Å². The van der Waals surface area contributed by atoms with Crippen molar-refractivity contribution in [3.05, 3.63) is 52.2 Å². The third-order valence-corrected chi connectivity index (χ3v) is 5.10. The molecule has 142 valence electrons. The fourth-order valence-corrected chi connectivity index (χ4v) is 3.52. The Morgan fingerprint density at radius 2 is 1.63 bits per heavy atom. The van der Waals surface area contributed by atoms with Crippen LogP contribution in [0.5, 0.6) is 0 Å². The molecule has 0 radical (unpaired) electrons. The predicted octanol–water partition coefficient (Wildman–Crippen LogP) is 2.91. The van der Waals surface area contributed by atoms with Crippen LogP contribution in [0.1, 0.15) is 27.0 Å². The summed E-state index contributed by atoms with van der Waals surface area (Å²) in [7, 11) is 0. The number of carbonyl (C=O) groups is 3. The number of nitrogens with zero attached hydrogens (tertiary/aromatic N) is 2. The van der Waals surface area contributed by atoms with E-state index in [1.165, 1.54) is 11.3 Å². The van der Waals surface area contributed by atoms with Crippen molar-refractivity contribution in [2.75, 3.05) is 38.1 Å². The molecule has 3 amide bonds. The molecule has 0 spiro atoms. The standard InChI is InChI=1S/C19H21N3O4S/c1-2-26-19(25)20-15-7-5-14(6-8-15)17(23)21-9-11-22(12-10-21)18(24)16-4-3-13-27-16/h3-8,13H,2,9-12H2,1H3,(H,20,25). The number of rotatable bonds is 4. The van der Waals surface area contributed by atoms with E-state index in [9.17, 15) is 14.4 Å². The molecule has 0 saturated carbocycles. The number of amides is 3. The van der Waals surface area contributed by atoms with Crippen LogP contribution in [0.25, 0.3) is 0 Å². The number of ether oxygens (including phenoxy) is 1. The molecule has 1 N–H and O–H groups in total. The molecule has 0 bridgehead atoms. The molecule has 2 aromatic rings. The lowest BCUT2D eigenvalue weighted by Crippen LogP contribution is -2.50. The van der Waals surface area contributed by atoms with Crippen molar-refractivity contribution in [3.8, 4) is 0 Å². The minimum absolute atomic E-state index is 0.0199. The van der Waals surface area contributed by atoms with Crippen LogP contribution in [-0.2, 0) is 4.74 Å². The Balaban J connectivity index is 1.54. The Labute approximate surface area is 161 Å². The van der Waals surface area contributed by atoms with Gasteiger partial charge in [-0.1, -0.05) is 6.07 Å². The Hall–Kier alpha value is -2.87. The minimum atomic E-state index is -0.525. The third-order valence-electron chi connectivity index (χ3n) is 4.24. The number of piperazine rings is 1. The average molecular weight is 387 g/mol. The highest BCUT2D eigenvalue weighted by atomic mass is 32.1. The zero-order valence-corrected chi connectivity index (χ0v) is 15.8. The highest BCUT2D eigenvalue weighted by Gasteiger charge is 2.25. The second-order valence-electron chi connectivity index (χ2n) is 5.98. The van der Waals surface area contributed by atoms with E-state index in [1.807, 2.05) is 17.5 Å². The van der Waals surface area contributed by atoms with Gasteiger partial charge in [0.1, 0.15) is 0 Å². The molecule has 1 saturated heterocycles. The van der Waals surface area contributed by atoms with Gasteiger partial charge in [0.2, 0.25) is 0 Å². The van der Waals surface area contributed by atoms with E-state index in [-0.39, 0.29) is 11.8 Å². The van der Waals surface area contributed by atoms with Crippen LogP contribution in [0.4, 0.5) is 10.5 Å². The van der Waals surface area contributed by atoms with E-state index in [0.29, 0.717) is 44.0 Å². The average Bonchev–Trinajstić information content (AvgIpc) is 3.22. The first-order chi connectivity index (χ1) is 13.1. The van der Waals surface area contributed by atoms with Crippen LogP contribution in [0.3, 0.4) is 0 Å². The summed E-state index contributed by atoms with van der Waals surface area (Å²) in [5.74, 6) is -0.0626. The van der Waals surface area contributed by atoms with Crippen molar-refractivity contribution in [3.63, 3.8) is 0 Å². The molecule has 0 atom stereocenters. The van der Waals surface area contributed by atoms with E-state index in [2.05, 4.69) is 5.32 Å². The largest absolute Gasteiger partial charge is 0.450 e. The van der Waals surface area contributed by atoms with E-state index in [0.717, 1.165) is 4.88 Å². The SMILES string of the molecule is CCOC(=O)Nc1ccc(C(=O)N2CCN(C(=O)c3cccs3)CC2)cc1. The maximum absolute atomic E-state index is 12.7. The first-order valence-electron chi connectivity index (χ1n) is 8.74. The topological polar surface area (TPSA) is 79.0 Å². The van der Waals surface area contributed by atoms with Gasteiger partial charge in [-0.25, -0.2) is 4.79 Å². The second-order valence-corrected chi connectivity index (χ2v) is 6.93. The number of thiophene rings is 1. The highest BCUT2D eigenvalue weighted by Crippen LogP contribution is 2.16. The molecule has 7 nitrogen and oxygen atoms in total. The number of nitrogens with one attached hydrogen (secondary N) is 1. The molecule has 1 aliphatic heterocycles. The molecule has 1 aliphatic rings. The lowest BCUT2D eigenvalue weighted by molar-refractivity contribution is 0.0538. The normalized spacial score (nSPS) is 14.0. The zero-order chi connectivity index (χ0) is 19.2. The van der Waals surface area contributed by atoms with Gasteiger partial charge in [0, 0.05) is 37.4 Å². The van der Waals surface area contributed by atoms with Crippen molar-refractivity contribution in [2.24, 2.45) is 0 Å². The lowest BCUT2D eigenvalue weighted by Gasteiger charge is -2.34. The van der Waals surface area contributed by atoms with Gasteiger partial charge < -0.3 is 14.5 Å². The summed E-state index contributed by atoms with van der Waals surface area (Å²) in [5.41, 5.74) is 1.11. The summed E-state index contributed by atoms with van der Waals surface area (Å²) in [6.45, 7) is 4.06. The maximum atomic E-state index is 12.7. The van der Waals surface area contributed by atoms with Crippen LogP contribution in [0.2, 0.25) is 0 Å². The molecular weight excluding hydrogens is 366 g/mol. The van der Waals surface area contributed by atoms with Crippen molar-refractivity contribution >= 4 is 34.9 Å². The number of benzene rings is 1. The molecule has 1 aromatic heterocycles. The predicted molar refractivity (Wildman–Crippen MR) is 103 cm³/mol. The van der Waals surface area contributed by atoms with Gasteiger partial charge in [-0.05, 0) is 42.6 Å². The summed E-state index contributed by atoms with van der Waals surface area (Å²) in [6, 6.07) is 10.4. The number of hydrogen-bond acceptors (Lipinski definition) is 5. The van der Waals surface area contributed by atoms with Crippen LogP contribution in [0.15, 0.2) is 41.8 Å². The smallest absolute Gasteiger partial charge is 0.411 e. The van der Waals surface area contributed by atoms with Crippen molar-refractivity contribution in [1.29, 1.82) is 0 Å². The van der Waals surface area contributed by atoms with Crippen molar-refractivity contribution in [2.45, 2.75) is 6.92 Å². The zero-order valence-electron chi connectivity index (χ0n) is 15.0. The van der Waals surface area contributed by atoms with Gasteiger partial charge in [0.05, 0.1) is 11.5 Å². The van der Waals surface area contributed by atoms with Gasteiger partial charge in [0.15, 0.2) is 0 Å². The highest BCUT2D eigenvalue weighted by molar-refractivity contribution is 7.12. The fourth-order valence-electron chi connectivity index (χ4n) is 2.83. The summed E-state index contributed by atoms with van der Waals surface area (Å²) in [4.78, 5) is 40.7. The number of carbonyl (C=O) groups excluding carboxylic acids is 3. The van der Waals surface area contributed by atoms with E-state index >= 15 is 0 Å². The quantitative estimate of drug-likeness (QED) is 0.875. The van der Waals surface area contributed by atoms with E-state index in [1.54, 1.807) is 41.0 Å². The van der Waals surface area contributed by atoms with Crippen LogP contribution >= 0.6 is 11.3 Å². The summed E-state index contributed by atoms with van der Waals surface area (Å²) in [6.07, 6.45) is -0.525. The molecule has 3 rings (SSSR count). The van der Waals surface area contributed by atoms with Crippen LogP contribution in [0, 0.1) is 0 Å². The molecule has 2 heterocycles. The lowest BCUT2D eigenvalue weighted by atomic mass is 10.1. The maximum Gasteiger partial charge on any atom is 0.411 e. The Morgan fingerprint density at radius 1 is 1.00 bits per heavy atom. The fraction of sp³-hybridized carbons (Fsp3) is 0.316. The molecule has 1 fully saturated rings. The Kier molecular flexibility index (Phi) is 6.08. The first-order valence-corrected chi connectivity index (χ1v) is 9.62. The summed E-state index contributed by atoms with van der Waals surface area (Å²) in [5, 5.41) is 4.47. The van der Waals surface area contributed by atoms with Gasteiger partial charge >= 0.3 is 6.09 Å². The van der Waals surface area contributed by atoms with E-state index in [4.69, 9.17) is 4.74 Å². The van der Waals surface area contributed by atoms with E-state index < -0.39 is 6.09 Å². The number of hydrogen-bond donors (Lipinski definition) is 1. The van der Waals surface area contributed by atoms with Gasteiger partial charge in [-0.3, -0.25) is 14.9 Å². The molecule has 27 heavy (non-hydrogen) atoms. The number of anilines is 1. The molecular formula is C19H21N3O4S.